The number of carbonyl (C=O) groups excluding carboxylic acids is 1. The summed E-state index contributed by atoms with van der Waals surface area (Å²) in [6.45, 7) is 4.85. The van der Waals surface area contributed by atoms with E-state index >= 15 is 0 Å². The van der Waals surface area contributed by atoms with Crippen molar-refractivity contribution in [2.45, 2.75) is 45.6 Å². The van der Waals surface area contributed by atoms with Crippen molar-refractivity contribution >= 4 is 5.91 Å². The fraction of sp³-hybridized carbons (Fsp3) is 0.562. The van der Waals surface area contributed by atoms with Crippen molar-refractivity contribution in [1.29, 1.82) is 0 Å². The number of rotatable bonds is 8. The van der Waals surface area contributed by atoms with Gasteiger partial charge in [0, 0.05) is 19.0 Å². The van der Waals surface area contributed by atoms with Gasteiger partial charge in [-0.2, -0.15) is 0 Å². The largest absolute Gasteiger partial charge is 0.355 e. The van der Waals surface area contributed by atoms with Crippen molar-refractivity contribution in [2.75, 3.05) is 13.6 Å². The van der Waals surface area contributed by atoms with E-state index in [0.717, 1.165) is 19.3 Å². The van der Waals surface area contributed by atoms with Gasteiger partial charge in [-0.25, -0.2) is 0 Å². The summed E-state index contributed by atoms with van der Waals surface area (Å²) < 4.78 is 0. The van der Waals surface area contributed by atoms with E-state index in [9.17, 15) is 4.79 Å². The van der Waals surface area contributed by atoms with Gasteiger partial charge in [0.1, 0.15) is 0 Å². The lowest BCUT2D eigenvalue weighted by Crippen LogP contribution is -2.37. The molecule has 3 heteroatoms. The molecule has 19 heavy (non-hydrogen) atoms. The fourth-order valence-corrected chi connectivity index (χ4v) is 1.83. The van der Waals surface area contributed by atoms with Crippen LogP contribution in [0.15, 0.2) is 24.3 Å². The number of unbranched alkanes of at least 4 members (excludes halogenated alkanes) is 1. The van der Waals surface area contributed by atoms with Crippen molar-refractivity contribution in [3.8, 4) is 0 Å². The van der Waals surface area contributed by atoms with Crippen LogP contribution in [0.1, 0.15) is 37.3 Å². The van der Waals surface area contributed by atoms with Crippen LogP contribution >= 0.6 is 0 Å². The highest BCUT2D eigenvalue weighted by molar-refractivity contribution is 5.75. The molecule has 1 amide bonds. The number of likely N-dealkylation sites (N-methyl/N-ethyl adjacent to an activating group) is 1. The molecule has 0 saturated heterocycles. The number of hydrogen-bond donors (Lipinski definition) is 2. The van der Waals surface area contributed by atoms with Gasteiger partial charge in [-0.05, 0) is 45.7 Å². The van der Waals surface area contributed by atoms with Crippen molar-refractivity contribution in [2.24, 2.45) is 0 Å². The Kier molecular flexibility index (Phi) is 7.19. The van der Waals surface area contributed by atoms with E-state index in [1.165, 1.54) is 11.1 Å². The first kappa shape index (κ1) is 15.7. The summed E-state index contributed by atoms with van der Waals surface area (Å²) in [7, 11) is 1.90. The number of benzene rings is 1. The first-order chi connectivity index (χ1) is 9.11. The Morgan fingerprint density at radius 1 is 1.21 bits per heavy atom. The van der Waals surface area contributed by atoms with Crippen LogP contribution in [-0.4, -0.2) is 25.5 Å². The van der Waals surface area contributed by atoms with Gasteiger partial charge in [-0.1, -0.05) is 29.8 Å². The van der Waals surface area contributed by atoms with Crippen LogP contribution in [0.4, 0.5) is 0 Å². The highest BCUT2D eigenvalue weighted by atomic mass is 16.1. The molecule has 0 spiro atoms. The second-order valence-corrected chi connectivity index (χ2v) is 5.19. The molecule has 1 aromatic carbocycles. The van der Waals surface area contributed by atoms with Gasteiger partial charge >= 0.3 is 0 Å². The summed E-state index contributed by atoms with van der Waals surface area (Å²) in [5, 5.41) is 6.04. The predicted octanol–water partition coefficient (Wildman–Crippen LogP) is 2.43. The van der Waals surface area contributed by atoms with E-state index in [2.05, 4.69) is 48.7 Å². The number of aryl methyl sites for hydroxylation is 2. The molecular formula is C16H26N2O. The molecule has 1 unspecified atom stereocenters. The summed E-state index contributed by atoms with van der Waals surface area (Å²) in [5.41, 5.74) is 2.65. The molecule has 0 heterocycles. The van der Waals surface area contributed by atoms with Crippen molar-refractivity contribution in [1.82, 2.24) is 10.6 Å². The molecule has 0 bridgehead atoms. The summed E-state index contributed by atoms with van der Waals surface area (Å²) >= 11 is 0. The van der Waals surface area contributed by atoms with Crippen LogP contribution in [0, 0.1) is 6.92 Å². The molecule has 106 valence electrons. The monoisotopic (exact) mass is 262 g/mol. The highest BCUT2D eigenvalue weighted by Gasteiger charge is 2.03. The van der Waals surface area contributed by atoms with Crippen molar-refractivity contribution in [3.63, 3.8) is 0 Å². The van der Waals surface area contributed by atoms with E-state index in [1.54, 1.807) is 0 Å². The third-order valence-electron chi connectivity index (χ3n) is 3.34. The molecule has 0 saturated carbocycles. The second-order valence-electron chi connectivity index (χ2n) is 5.19. The molecule has 0 aromatic heterocycles. The van der Waals surface area contributed by atoms with E-state index in [1.807, 2.05) is 7.05 Å². The molecule has 3 nitrogen and oxygen atoms in total. The Morgan fingerprint density at radius 2 is 1.89 bits per heavy atom. The van der Waals surface area contributed by atoms with Gasteiger partial charge < -0.3 is 10.6 Å². The van der Waals surface area contributed by atoms with Crippen molar-refractivity contribution < 1.29 is 4.79 Å². The predicted molar refractivity (Wildman–Crippen MR) is 80.3 cm³/mol. The molecule has 1 atom stereocenters. The Morgan fingerprint density at radius 3 is 2.53 bits per heavy atom. The highest BCUT2D eigenvalue weighted by Crippen LogP contribution is 2.08. The maximum atomic E-state index is 11.6. The van der Waals surface area contributed by atoms with Crippen LogP contribution in [0.3, 0.4) is 0 Å². The lowest BCUT2D eigenvalue weighted by atomic mass is 10.1. The normalized spacial score (nSPS) is 12.2. The maximum absolute atomic E-state index is 11.6. The minimum absolute atomic E-state index is 0.158. The molecule has 0 radical (unpaired) electrons. The molecule has 0 fully saturated rings. The first-order valence-corrected chi connectivity index (χ1v) is 7.11. The minimum atomic E-state index is 0.158. The third kappa shape index (κ3) is 6.97. The summed E-state index contributed by atoms with van der Waals surface area (Å²) in [6.07, 6.45) is 3.70. The lowest BCUT2D eigenvalue weighted by molar-refractivity contribution is -0.121. The van der Waals surface area contributed by atoms with E-state index in [-0.39, 0.29) is 5.91 Å². The second kappa shape index (κ2) is 8.70. The van der Waals surface area contributed by atoms with Gasteiger partial charge in [-0.15, -0.1) is 0 Å². The van der Waals surface area contributed by atoms with Gasteiger partial charge in [0.25, 0.3) is 0 Å². The zero-order chi connectivity index (χ0) is 14.1. The molecule has 0 aliphatic carbocycles. The number of amides is 1. The number of hydrogen-bond acceptors (Lipinski definition) is 2. The van der Waals surface area contributed by atoms with Gasteiger partial charge in [0.15, 0.2) is 0 Å². The van der Waals surface area contributed by atoms with Gasteiger partial charge in [0.05, 0.1) is 0 Å². The molecular weight excluding hydrogens is 236 g/mol. The van der Waals surface area contributed by atoms with Crippen LogP contribution in [0.5, 0.6) is 0 Å². The van der Waals surface area contributed by atoms with E-state index in [4.69, 9.17) is 0 Å². The first-order valence-electron chi connectivity index (χ1n) is 7.11. The quantitative estimate of drug-likeness (QED) is 0.707. The van der Waals surface area contributed by atoms with Crippen LogP contribution in [0.25, 0.3) is 0 Å². The smallest absolute Gasteiger partial charge is 0.220 e. The minimum Gasteiger partial charge on any atom is -0.355 e. The summed E-state index contributed by atoms with van der Waals surface area (Å²) in [6, 6.07) is 8.95. The van der Waals surface area contributed by atoms with Crippen LogP contribution in [0.2, 0.25) is 0 Å². The molecule has 1 rings (SSSR count). The third-order valence-corrected chi connectivity index (χ3v) is 3.34. The number of carbonyl (C=O) groups is 1. The zero-order valence-corrected chi connectivity index (χ0v) is 12.3. The zero-order valence-electron chi connectivity index (χ0n) is 12.3. The summed E-state index contributed by atoms with van der Waals surface area (Å²) in [5.74, 6) is 0.158. The fourth-order valence-electron chi connectivity index (χ4n) is 1.83. The number of nitrogens with one attached hydrogen (secondary N) is 2. The van der Waals surface area contributed by atoms with Crippen molar-refractivity contribution in [3.05, 3.63) is 35.4 Å². The molecule has 2 N–H and O–H groups in total. The van der Waals surface area contributed by atoms with Crippen LogP contribution < -0.4 is 10.6 Å². The average molecular weight is 262 g/mol. The Labute approximate surface area is 116 Å². The Bertz CT molecular complexity index is 373. The Balaban J connectivity index is 2.10. The van der Waals surface area contributed by atoms with Gasteiger partial charge in [-0.3, -0.25) is 4.79 Å². The molecule has 0 aliphatic rings. The van der Waals surface area contributed by atoms with Gasteiger partial charge in [0.2, 0.25) is 5.91 Å². The Hall–Kier alpha value is -1.35. The lowest BCUT2D eigenvalue weighted by Gasteiger charge is -2.11. The SMILES string of the molecule is CNC(C)CNC(=O)CCCCc1ccc(C)cc1. The van der Waals surface area contributed by atoms with E-state index < -0.39 is 0 Å². The maximum Gasteiger partial charge on any atom is 0.220 e. The van der Waals surface area contributed by atoms with E-state index in [0.29, 0.717) is 19.0 Å². The molecule has 1 aromatic rings. The standard InChI is InChI=1S/C16H26N2O/c1-13-8-10-15(11-9-13)6-4-5-7-16(19)18-12-14(2)17-3/h8-11,14,17H,4-7,12H2,1-3H3,(H,18,19). The topological polar surface area (TPSA) is 41.1 Å². The average Bonchev–Trinajstić information content (AvgIpc) is 2.42. The summed E-state index contributed by atoms with van der Waals surface area (Å²) in [4.78, 5) is 11.6. The molecule has 0 aliphatic heterocycles. The van der Waals surface area contributed by atoms with Crippen LogP contribution in [-0.2, 0) is 11.2 Å².